The molecule has 0 fully saturated rings. The Bertz CT molecular complexity index is 4420. The fraction of sp³-hybridized carbons (Fsp3) is 0.154. The minimum atomic E-state index is -0.324. The summed E-state index contributed by atoms with van der Waals surface area (Å²) in [6.07, 6.45) is 0. The van der Waals surface area contributed by atoms with Crippen LogP contribution in [0.4, 0.5) is 34.1 Å². The van der Waals surface area contributed by atoms with Crippen molar-refractivity contribution in [2.24, 2.45) is 0 Å². The number of hydrogen-bond donors (Lipinski definition) is 0. The Hall–Kier alpha value is -9.18. The van der Waals surface area contributed by atoms with Gasteiger partial charge in [0, 0.05) is 38.1 Å². The van der Waals surface area contributed by atoms with Crippen LogP contribution in [0.2, 0.25) is 0 Å². The number of rotatable bonds is 5. The summed E-state index contributed by atoms with van der Waals surface area (Å²) in [6, 6.07) is 89.7. The number of fused-ring (bicyclic) bond motifs is 11. The summed E-state index contributed by atoms with van der Waals surface area (Å²) in [4.78, 5) is 5.16. The molecule has 0 saturated heterocycles. The molecule has 12 aromatic rings. The number of nitrogens with zero attached hydrogens (tertiary/aromatic N) is 3. The first-order chi connectivity index (χ1) is 39.2. The van der Waals surface area contributed by atoms with Crippen molar-refractivity contribution >= 4 is 55.9 Å². The third-order valence-electron chi connectivity index (χ3n) is 19.5. The van der Waals surface area contributed by atoms with Gasteiger partial charge in [-0.1, -0.05) is 195 Å². The molecule has 0 N–H and O–H groups in total. The number of hydrogen-bond acceptors (Lipinski definition) is 2. The molecule has 81 heavy (non-hydrogen) atoms. The average Bonchev–Trinajstić information content (AvgIpc) is 1.86. The van der Waals surface area contributed by atoms with Crippen molar-refractivity contribution in [3.05, 3.63) is 281 Å². The minimum Gasteiger partial charge on any atom is -0.309 e. The van der Waals surface area contributed by atoms with E-state index in [1.165, 1.54) is 145 Å². The Morgan fingerprint density at radius 3 is 0.951 bits per heavy atom. The standard InChI is InChI=1S/C78H63N3/c1-75(2)59-28-18-20-30-69(59)80-70-31-21-19-29-60(70)76(3,4)64-45-54(44-63(75)73(64)80)50-32-36-67-57(40-50)58-41-51(33-37-68(58)79(67)56-26-16-11-17-27-56)55-46-65-74-66(47-55)78(7,8)62-43-53(49-24-14-10-15-25-49)35-39-72(62)81(74)71-38-34-52(42-61(71)77(65,5)6)48-22-12-9-13-23-48/h9-47H,1-8H3. The summed E-state index contributed by atoms with van der Waals surface area (Å²) in [7, 11) is 0. The molecule has 16 rings (SSSR count). The quantitative estimate of drug-likeness (QED) is 0.170. The zero-order valence-corrected chi connectivity index (χ0v) is 47.4. The van der Waals surface area contributed by atoms with Crippen LogP contribution in [0.3, 0.4) is 0 Å². The summed E-state index contributed by atoms with van der Waals surface area (Å²) in [6.45, 7) is 19.5. The van der Waals surface area contributed by atoms with Crippen molar-refractivity contribution in [3.8, 4) is 50.2 Å². The fourth-order valence-corrected chi connectivity index (χ4v) is 15.0. The largest absolute Gasteiger partial charge is 0.309 e. The van der Waals surface area contributed by atoms with E-state index in [4.69, 9.17) is 0 Å². The molecular weight excluding hydrogens is 979 g/mol. The van der Waals surface area contributed by atoms with Gasteiger partial charge in [0.05, 0.1) is 45.2 Å². The van der Waals surface area contributed by atoms with Gasteiger partial charge >= 0.3 is 0 Å². The summed E-state index contributed by atoms with van der Waals surface area (Å²) in [5, 5.41) is 2.48. The van der Waals surface area contributed by atoms with E-state index in [1.54, 1.807) is 0 Å². The third-order valence-corrected chi connectivity index (χ3v) is 19.5. The molecule has 11 aromatic carbocycles. The van der Waals surface area contributed by atoms with Crippen LogP contribution >= 0.6 is 0 Å². The number of anilines is 6. The van der Waals surface area contributed by atoms with Crippen molar-refractivity contribution in [1.82, 2.24) is 4.57 Å². The molecule has 3 nitrogen and oxygen atoms in total. The Labute approximate surface area is 476 Å². The Morgan fingerprint density at radius 2 is 0.543 bits per heavy atom. The molecule has 4 aliphatic rings. The van der Waals surface area contributed by atoms with Gasteiger partial charge in [-0.15, -0.1) is 0 Å². The lowest BCUT2D eigenvalue weighted by Gasteiger charge is -2.50. The third kappa shape index (κ3) is 6.64. The number of aromatic nitrogens is 1. The van der Waals surface area contributed by atoms with Gasteiger partial charge in [0.25, 0.3) is 0 Å². The molecule has 390 valence electrons. The van der Waals surface area contributed by atoms with E-state index in [2.05, 4.69) is 306 Å². The molecule has 5 heterocycles. The van der Waals surface area contributed by atoms with Crippen LogP contribution < -0.4 is 9.80 Å². The molecule has 0 unspecified atom stereocenters. The van der Waals surface area contributed by atoms with Gasteiger partial charge in [-0.3, -0.25) is 0 Å². The molecule has 0 spiro atoms. The van der Waals surface area contributed by atoms with Gasteiger partial charge in [-0.2, -0.15) is 0 Å². The van der Waals surface area contributed by atoms with Crippen molar-refractivity contribution in [2.75, 3.05) is 9.80 Å². The molecule has 0 atom stereocenters. The van der Waals surface area contributed by atoms with E-state index in [0.29, 0.717) is 0 Å². The maximum atomic E-state index is 2.60. The summed E-state index contributed by atoms with van der Waals surface area (Å²) in [5.41, 5.74) is 30.7. The van der Waals surface area contributed by atoms with Crippen LogP contribution in [0.25, 0.3) is 72.0 Å². The molecule has 1 aromatic heterocycles. The molecule has 0 amide bonds. The van der Waals surface area contributed by atoms with Crippen LogP contribution in [-0.2, 0) is 21.7 Å². The smallest absolute Gasteiger partial charge is 0.0544 e. The SMILES string of the molecule is CC1(C)c2ccccc2N2c3ccccc3C(C)(C)c3cc(-c4ccc5c(c4)c4cc(-c6cc7c8c(c6)C(C)(C)c6cc(-c9ccccc9)ccc6N8c6ccc(-c8ccccc8)cc6C7(C)C)ccc4n5-c4ccccc4)cc1c32. The second kappa shape index (κ2) is 16.7. The van der Waals surface area contributed by atoms with Crippen LogP contribution in [0, 0.1) is 0 Å². The highest BCUT2D eigenvalue weighted by atomic mass is 15.2. The number of benzene rings is 11. The van der Waals surface area contributed by atoms with Gasteiger partial charge in [-0.05, 0) is 186 Å². The zero-order valence-electron chi connectivity index (χ0n) is 47.4. The van der Waals surface area contributed by atoms with Crippen molar-refractivity contribution in [3.63, 3.8) is 0 Å². The van der Waals surface area contributed by atoms with E-state index in [1.807, 2.05) is 0 Å². The zero-order chi connectivity index (χ0) is 54.9. The normalized spacial score (nSPS) is 16.0. The highest BCUT2D eigenvalue weighted by Gasteiger charge is 2.48. The molecule has 4 aliphatic heterocycles. The number of para-hydroxylation sites is 3. The average molecular weight is 1040 g/mol. The van der Waals surface area contributed by atoms with Gasteiger partial charge < -0.3 is 14.4 Å². The van der Waals surface area contributed by atoms with Crippen molar-refractivity contribution in [1.29, 1.82) is 0 Å². The Morgan fingerprint density at radius 1 is 0.235 bits per heavy atom. The maximum Gasteiger partial charge on any atom is 0.0544 e. The van der Waals surface area contributed by atoms with Crippen LogP contribution in [0.1, 0.15) is 99.9 Å². The van der Waals surface area contributed by atoms with Crippen LogP contribution in [0.5, 0.6) is 0 Å². The molecule has 0 saturated carbocycles. The van der Waals surface area contributed by atoms with Gasteiger partial charge in [0.15, 0.2) is 0 Å². The molecule has 0 bridgehead atoms. The molecule has 0 radical (unpaired) electrons. The maximum absolute atomic E-state index is 2.60. The monoisotopic (exact) mass is 1040 g/mol. The molecule has 0 aliphatic carbocycles. The van der Waals surface area contributed by atoms with E-state index in [0.717, 1.165) is 5.69 Å². The van der Waals surface area contributed by atoms with E-state index >= 15 is 0 Å². The van der Waals surface area contributed by atoms with E-state index in [9.17, 15) is 0 Å². The molecule has 3 heteroatoms. The first-order valence-corrected chi connectivity index (χ1v) is 28.9. The van der Waals surface area contributed by atoms with E-state index < -0.39 is 0 Å². The Balaban J connectivity index is 0.915. The highest BCUT2D eigenvalue weighted by Crippen LogP contribution is 2.63. The minimum absolute atomic E-state index is 0.231. The van der Waals surface area contributed by atoms with Gasteiger partial charge in [-0.25, -0.2) is 0 Å². The van der Waals surface area contributed by atoms with Gasteiger partial charge in [0.1, 0.15) is 0 Å². The van der Waals surface area contributed by atoms with Crippen molar-refractivity contribution < 1.29 is 0 Å². The lowest BCUT2D eigenvalue weighted by Crippen LogP contribution is -2.38. The van der Waals surface area contributed by atoms with Gasteiger partial charge in [0.2, 0.25) is 0 Å². The lowest BCUT2D eigenvalue weighted by molar-refractivity contribution is 0.597. The summed E-state index contributed by atoms with van der Waals surface area (Å²) < 4.78 is 2.47. The lowest BCUT2D eigenvalue weighted by atomic mass is 9.65. The van der Waals surface area contributed by atoms with Crippen LogP contribution in [-0.4, -0.2) is 4.57 Å². The fourth-order valence-electron chi connectivity index (χ4n) is 15.0. The van der Waals surface area contributed by atoms with E-state index in [-0.39, 0.29) is 21.7 Å². The summed E-state index contributed by atoms with van der Waals surface area (Å²) >= 11 is 0. The highest BCUT2D eigenvalue weighted by molar-refractivity contribution is 6.12. The molecular formula is C78H63N3. The second-order valence-electron chi connectivity index (χ2n) is 25.4. The topological polar surface area (TPSA) is 11.4 Å². The summed E-state index contributed by atoms with van der Waals surface area (Å²) in [5.74, 6) is 0. The first-order valence-electron chi connectivity index (χ1n) is 28.9. The second-order valence-corrected chi connectivity index (χ2v) is 25.4. The predicted molar refractivity (Wildman–Crippen MR) is 340 cm³/mol. The van der Waals surface area contributed by atoms with Crippen molar-refractivity contribution in [2.45, 2.75) is 77.0 Å². The predicted octanol–water partition coefficient (Wildman–Crippen LogP) is 20.9. The van der Waals surface area contributed by atoms with Crippen LogP contribution in [0.15, 0.2) is 237 Å². The first kappa shape index (κ1) is 47.8. The Kier molecular flexibility index (Phi) is 9.85.